The number of carbonyl (C=O) groups excluding carboxylic acids is 1. The molecule has 0 aliphatic heterocycles. The lowest BCUT2D eigenvalue weighted by molar-refractivity contribution is -0.394. The molecule has 0 unspecified atom stereocenters. The number of non-ortho nitro benzene ring substituents is 3. The standard InChI is InChI=1S/C16H9N5O9S2/c22-15(9-5-11(20(25)26)7-12(6-9)21(27)28)18-16-17-8-14(31-16)32(29,30)13-3-1-10(2-4-13)19(23)24/h1-8H,(H,17,18,22). The lowest BCUT2D eigenvalue weighted by Crippen LogP contribution is -2.12. The summed E-state index contributed by atoms with van der Waals surface area (Å²) >= 11 is 0.557. The minimum absolute atomic E-state index is 0.190. The highest BCUT2D eigenvalue weighted by Gasteiger charge is 2.24. The average molecular weight is 479 g/mol. The van der Waals surface area contributed by atoms with Crippen molar-refractivity contribution >= 4 is 49.3 Å². The number of hydrogen-bond donors (Lipinski definition) is 1. The van der Waals surface area contributed by atoms with Crippen LogP contribution in [-0.4, -0.2) is 34.1 Å². The van der Waals surface area contributed by atoms with Gasteiger partial charge < -0.3 is 0 Å². The first-order valence-corrected chi connectivity index (χ1v) is 10.5. The fourth-order valence-electron chi connectivity index (χ4n) is 2.41. The fourth-order valence-corrected chi connectivity index (χ4v) is 4.84. The number of nitro benzene ring substituents is 3. The molecular weight excluding hydrogens is 470 g/mol. The molecule has 32 heavy (non-hydrogen) atoms. The summed E-state index contributed by atoms with van der Waals surface area (Å²) in [6.45, 7) is 0. The third-order valence-electron chi connectivity index (χ3n) is 3.91. The third kappa shape index (κ3) is 4.55. The van der Waals surface area contributed by atoms with Crippen molar-refractivity contribution in [1.82, 2.24) is 4.98 Å². The number of hydrogen-bond acceptors (Lipinski definition) is 11. The number of aromatic nitrogens is 1. The first-order valence-electron chi connectivity index (χ1n) is 8.19. The van der Waals surface area contributed by atoms with E-state index in [0.717, 1.165) is 42.6 Å². The van der Waals surface area contributed by atoms with Crippen molar-refractivity contribution in [2.45, 2.75) is 9.10 Å². The molecule has 1 N–H and O–H groups in total. The van der Waals surface area contributed by atoms with E-state index in [4.69, 9.17) is 0 Å². The topological polar surface area (TPSA) is 206 Å². The van der Waals surface area contributed by atoms with Gasteiger partial charge in [0.25, 0.3) is 23.0 Å². The molecule has 164 valence electrons. The number of anilines is 1. The number of benzene rings is 2. The summed E-state index contributed by atoms with van der Waals surface area (Å²) in [5, 5.41) is 34.6. The van der Waals surface area contributed by atoms with Crippen LogP contribution in [0.4, 0.5) is 22.2 Å². The molecule has 1 heterocycles. The van der Waals surface area contributed by atoms with Gasteiger partial charge in [-0.1, -0.05) is 11.3 Å². The summed E-state index contributed by atoms with van der Waals surface area (Å²) in [6, 6.07) is 6.48. The van der Waals surface area contributed by atoms with E-state index in [0.29, 0.717) is 17.4 Å². The largest absolute Gasteiger partial charge is 0.298 e. The number of nitrogens with zero attached hydrogens (tertiary/aromatic N) is 4. The average Bonchev–Trinajstić information content (AvgIpc) is 3.22. The van der Waals surface area contributed by atoms with Gasteiger partial charge in [0.2, 0.25) is 9.84 Å². The van der Waals surface area contributed by atoms with Crippen LogP contribution in [0, 0.1) is 30.3 Å². The van der Waals surface area contributed by atoms with E-state index in [1.165, 1.54) is 0 Å². The molecule has 14 nitrogen and oxygen atoms in total. The summed E-state index contributed by atoms with van der Waals surface area (Å²) in [5.74, 6) is -0.981. The highest BCUT2D eigenvalue weighted by atomic mass is 32.2. The Balaban J connectivity index is 1.86. The Labute approximate surface area is 181 Å². The maximum absolute atomic E-state index is 12.7. The molecule has 0 atom stereocenters. The lowest BCUT2D eigenvalue weighted by Gasteiger charge is -2.03. The summed E-state index contributed by atoms with van der Waals surface area (Å²) in [6.07, 6.45) is 0.951. The first kappa shape index (κ1) is 22.4. The van der Waals surface area contributed by atoms with Crippen molar-refractivity contribution in [2.24, 2.45) is 0 Å². The molecule has 3 rings (SSSR count). The molecule has 0 aliphatic carbocycles. The molecule has 1 amide bonds. The molecule has 1 aromatic heterocycles. The highest BCUT2D eigenvalue weighted by Crippen LogP contribution is 2.30. The smallest absolute Gasteiger partial charge is 0.277 e. The second-order valence-corrected chi connectivity index (χ2v) is 9.15. The van der Waals surface area contributed by atoms with Gasteiger partial charge in [0, 0.05) is 24.3 Å². The van der Waals surface area contributed by atoms with E-state index < -0.39 is 47.5 Å². The van der Waals surface area contributed by atoms with Gasteiger partial charge in [0.05, 0.1) is 37.5 Å². The fraction of sp³-hybridized carbons (Fsp3) is 0. The zero-order valence-electron chi connectivity index (χ0n) is 15.4. The van der Waals surface area contributed by atoms with E-state index in [1.54, 1.807) is 0 Å². The molecule has 0 aliphatic rings. The van der Waals surface area contributed by atoms with Crippen LogP contribution in [0.2, 0.25) is 0 Å². The SMILES string of the molecule is O=C(Nc1ncc(S(=O)(=O)c2ccc([N+](=O)[O-])cc2)s1)c1cc([N+](=O)[O-])cc([N+](=O)[O-])c1. The van der Waals surface area contributed by atoms with Crippen LogP contribution in [0.3, 0.4) is 0 Å². The van der Waals surface area contributed by atoms with E-state index in [9.17, 15) is 43.6 Å². The van der Waals surface area contributed by atoms with Crippen LogP contribution in [0.5, 0.6) is 0 Å². The van der Waals surface area contributed by atoms with Crippen molar-refractivity contribution in [2.75, 3.05) is 5.32 Å². The summed E-state index contributed by atoms with van der Waals surface area (Å²) in [4.78, 5) is 46.0. The molecule has 0 radical (unpaired) electrons. The summed E-state index contributed by atoms with van der Waals surface area (Å²) < 4.78 is 25.0. The molecule has 0 fully saturated rings. The molecular formula is C16H9N5O9S2. The molecule has 0 spiro atoms. The van der Waals surface area contributed by atoms with E-state index >= 15 is 0 Å². The van der Waals surface area contributed by atoms with Crippen molar-refractivity contribution in [1.29, 1.82) is 0 Å². The van der Waals surface area contributed by atoms with Crippen molar-refractivity contribution < 1.29 is 28.0 Å². The zero-order valence-corrected chi connectivity index (χ0v) is 17.0. The normalized spacial score (nSPS) is 11.0. The van der Waals surface area contributed by atoms with Crippen LogP contribution < -0.4 is 5.32 Å². The molecule has 0 saturated heterocycles. The van der Waals surface area contributed by atoms with E-state index in [-0.39, 0.29) is 19.9 Å². The monoisotopic (exact) mass is 479 g/mol. The van der Waals surface area contributed by atoms with Gasteiger partial charge in [0.1, 0.15) is 4.21 Å². The Morgan fingerprint density at radius 2 is 1.41 bits per heavy atom. The van der Waals surface area contributed by atoms with Crippen molar-refractivity contribution in [3.63, 3.8) is 0 Å². The maximum atomic E-state index is 12.7. The van der Waals surface area contributed by atoms with Crippen LogP contribution in [-0.2, 0) is 9.84 Å². The van der Waals surface area contributed by atoms with Gasteiger partial charge in [-0.3, -0.25) is 40.5 Å². The third-order valence-corrected chi connectivity index (χ3v) is 7.06. The van der Waals surface area contributed by atoms with E-state index in [1.807, 2.05) is 0 Å². The Bertz CT molecular complexity index is 1330. The molecule has 3 aromatic rings. The number of amides is 1. The van der Waals surface area contributed by atoms with Crippen molar-refractivity contribution in [3.8, 4) is 0 Å². The number of thiazole rings is 1. The Morgan fingerprint density at radius 1 is 0.875 bits per heavy atom. The van der Waals surface area contributed by atoms with Gasteiger partial charge in [-0.2, -0.15) is 0 Å². The molecule has 16 heteroatoms. The Morgan fingerprint density at radius 3 is 1.91 bits per heavy atom. The van der Waals surface area contributed by atoms with Gasteiger partial charge in [0.15, 0.2) is 5.13 Å². The zero-order chi connectivity index (χ0) is 23.6. The van der Waals surface area contributed by atoms with Gasteiger partial charge in [-0.25, -0.2) is 13.4 Å². The quantitative estimate of drug-likeness (QED) is 0.387. The predicted molar refractivity (Wildman–Crippen MR) is 108 cm³/mol. The molecule has 0 bridgehead atoms. The number of rotatable bonds is 7. The number of carbonyl (C=O) groups is 1. The molecule has 2 aromatic carbocycles. The lowest BCUT2D eigenvalue weighted by atomic mass is 10.1. The Kier molecular flexibility index (Phi) is 5.90. The van der Waals surface area contributed by atoms with Crippen molar-refractivity contribution in [3.05, 3.63) is 84.6 Å². The Hall–Kier alpha value is -4.31. The summed E-state index contributed by atoms with van der Waals surface area (Å²) in [7, 11) is -4.09. The highest BCUT2D eigenvalue weighted by molar-refractivity contribution is 7.93. The molecule has 0 saturated carbocycles. The van der Waals surface area contributed by atoms with Crippen LogP contribution in [0.15, 0.2) is 57.8 Å². The van der Waals surface area contributed by atoms with Gasteiger partial charge in [-0.05, 0) is 12.1 Å². The minimum Gasteiger partial charge on any atom is -0.298 e. The van der Waals surface area contributed by atoms with Gasteiger partial charge >= 0.3 is 0 Å². The van der Waals surface area contributed by atoms with Gasteiger partial charge in [-0.15, -0.1) is 0 Å². The predicted octanol–water partition coefficient (Wildman–Crippen LogP) is 2.95. The van der Waals surface area contributed by atoms with Crippen LogP contribution >= 0.6 is 11.3 Å². The number of sulfone groups is 1. The second-order valence-electron chi connectivity index (χ2n) is 5.95. The second kappa shape index (κ2) is 8.44. The minimum atomic E-state index is -4.09. The number of nitrogens with one attached hydrogen (secondary N) is 1. The summed E-state index contributed by atoms with van der Waals surface area (Å²) in [5.41, 5.74) is -2.05. The first-order chi connectivity index (χ1) is 15.0. The number of nitro groups is 3. The maximum Gasteiger partial charge on any atom is 0.277 e. The van der Waals surface area contributed by atoms with Crippen LogP contribution in [0.1, 0.15) is 10.4 Å². The van der Waals surface area contributed by atoms with E-state index in [2.05, 4.69) is 10.3 Å². The van der Waals surface area contributed by atoms with Crippen LogP contribution in [0.25, 0.3) is 0 Å².